The van der Waals surface area contributed by atoms with Gasteiger partial charge < -0.3 is 14.8 Å². The van der Waals surface area contributed by atoms with E-state index in [0.717, 1.165) is 19.1 Å². The topological polar surface area (TPSA) is 47.6 Å². The molecule has 17 heavy (non-hydrogen) atoms. The van der Waals surface area contributed by atoms with Gasteiger partial charge in [-0.05, 0) is 39.2 Å². The van der Waals surface area contributed by atoms with Gasteiger partial charge in [-0.2, -0.15) is 0 Å². The number of carbonyl (C=O) groups excluding carboxylic acids is 1. The molecule has 100 valence electrons. The summed E-state index contributed by atoms with van der Waals surface area (Å²) in [4.78, 5) is 11.8. The normalized spacial score (nSPS) is 20.7. The maximum absolute atomic E-state index is 11.8. The summed E-state index contributed by atoms with van der Waals surface area (Å²) in [5, 5.41) is 3.19. The maximum atomic E-state index is 11.8. The lowest BCUT2D eigenvalue weighted by atomic mass is 9.94. The quantitative estimate of drug-likeness (QED) is 0.660. The fraction of sp³-hybridized carbons (Fsp3) is 0.923. The van der Waals surface area contributed by atoms with Crippen LogP contribution in [0.4, 0.5) is 0 Å². The molecule has 0 aromatic rings. The largest absolute Gasteiger partial charge is 0.468 e. The van der Waals surface area contributed by atoms with Crippen LogP contribution in [-0.4, -0.2) is 37.9 Å². The first-order chi connectivity index (χ1) is 8.01. The van der Waals surface area contributed by atoms with Crippen molar-refractivity contribution < 1.29 is 14.3 Å². The number of hydrogen-bond donors (Lipinski definition) is 1. The van der Waals surface area contributed by atoms with Crippen LogP contribution in [-0.2, 0) is 14.3 Å². The van der Waals surface area contributed by atoms with Crippen LogP contribution in [0.1, 0.15) is 40.0 Å². The molecule has 0 amide bonds. The van der Waals surface area contributed by atoms with E-state index >= 15 is 0 Å². The number of carbonyl (C=O) groups is 1. The molecule has 0 heterocycles. The molecule has 1 N–H and O–H groups in total. The number of ether oxygens (including phenoxy) is 2. The molecular weight excluding hydrogens is 218 g/mol. The summed E-state index contributed by atoms with van der Waals surface area (Å²) >= 11 is 0. The highest BCUT2D eigenvalue weighted by molar-refractivity contribution is 5.80. The van der Waals surface area contributed by atoms with E-state index in [0.29, 0.717) is 6.42 Å². The predicted octanol–water partition coefficient (Wildman–Crippen LogP) is 1.73. The molecule has 1 aliphatic rings. The van der Waals surface area contributed by atoms with Gasteiger partial charge in [-0.15, -0.1) is 0 Å². The van der Waals surface area contributed by atoms with Crippen molar-refractivity contribution in [2.24, 2.45) is 5.92 Å². The third kappa shape index (κ3) is 4.64. The molecular formula is C13H25NO3. The number of methoxy groups -OCH3 is 1. The van der Waals surface area contributed by atoms with Crippen molar-refractivity contribution in [2.45, 2.75) is 51.7 Å². The summed E-state index contributed by atoms with van der Waals surface area (Å²) in [6.07, 6.45) is 3.28. The molecule has 1 aliphatic carbocycles. The van der Waals surface area contributed by atoms with E-state index in [-0.39, 0.29) is 12.1 Å². The van der Waals surface area contributed by atoms with E-state index in [4.69, 9.17) is 9.47 Å². The SMILES string of the molecule is CCNC(C)(CC(C)OCC1CC1)C(=O)OC. The first-order valence-corrected chi connectivity index (χ1v) is 6.47. The van der Waals surface area contributed by atoms with Crippen LogP contribution in [0, 0.1) is 5.92 Å². The molecule has 4 heteroatoms. The minimum absolute atomic E-state index is 0.0683. The molecule has 0 spiro atoms. The highest BCUT2D eigenvalue weighted by Crippen LogP contribution is 2.29. The van der Waals surface area contributed by atoms with E-state index < -0.39 is 5.54 Å². The van der Waals surface area contributed by atoms with Gasteiger partial charge in [0.25, 0.3) is 0 Å². The molecule has 1 rings (SSSR count). The van der Waals surface area contributed by atoms with E-state index in [9.17, 15) is 4.79 Å². The first-order valence-electron chi connectivity index (χ1n) is 6.47. The Morgan fingerprint density at radius 1 is 1.53 bits per heavy atom. The monoisotopic (exact) mass is 243 g/mol. The minimum atomic E-state index is -0.646. The van der Waals surface area contributed by atoms with Crippen LogP contribution in [0.2, 0.25) is 0 Å². The van der Waals surface area contributed by atoms with Crippen LogP contribution in [0.25, 0.3) is 0 Å². The molecule has 0 aromatic heterocycles. The van der Waals surface area contributed by atoms with E-state index in [1.165, 1.54) is 20.0 Å². The Bertz CT molecular complexity index is 253. The van der Waals surface area contributed by atoms with Crippen molar-refractivity contribution in [1.29, 1.82) is 0 Å². The molecule has 0 aromatic carbocycles. The number of hydrogen-bond acceptors (Lipinski definition) is 4. The molecule has 0 saturated heterocycles. The van der Waals surface area contributed by atoms with Crippen molar-refractivity contribution in [2.75, 3.05) is 20.3 Å². The lowest BCUT2D eigenvalue weighted by Gasteiger charge is -2.30. The van der Waals surface area contributed by atoms with Gasteiger partial charge in [0.05, 0.1) is 13.2 Å². The summed E-state index contributed by atoms with van der Waals surface area (Å²) in [5.41, 5.74) is -0.646. The Labute approximate surface area is 104 Å². The second kappa shape index (κ2) is 6.36. The van der Waals surface area contributed by atoms with Crippen LogP contribution in [0.15, 0.2) is 0 Å². The zero-order valence-corrected chi connectivity index (χ0v) is 11.4. The third-order valence-corrected chi connectivity index (χ3v) is 3.21. The standard InChI is InChI=1S/C13H25NO3/c1-5-14-13(3,12(15)16-4)8-10(2)17-9-11-6-7-11/h10-11,14H,5-9H2,1-4H3. The molecule has 2 unspecified atom stereocenters. The van der Waals surface area contributed by atoms with Gasteiger partial charge in [-0.25, -0.2) is 0 Å². The van der Waals surface area contributed by atoms with Crippen LogP contribution in [0.3, 0.4) is 0 Å². The van der Waals surface area contributed by atoms with Crippen LogP contribution in [0.5, 0.6) is 0 Å². The van der Waals surface area contributed by atoms with Crippen LogP contribution < -0.4 is 5.32 Å². The lowest BCUT2D eigenvalue weighted by molar-refractivity contribution is -0.149. The van der Waals surface area contributed by atoms with Crippen molar-refractivity contribution in [1.82, 2.24) is 5.32 Å². The molecule has 1 saturated carbocycles. The Morgan fingerprint density at radius 3 is 2.65 bits per heavy atom. The molecule has 0 aliphatic heterocycles. The summed E-state index contributed by atoms with van der Waals surface area (Å²) < 4.78 is 10.6. The Kier molecular flexibility index (Phi) is 5.40. The number of rotatable bonds is 8. The molecule has 1 fully saturated rings. The second-order valence-electron chi connectivity index (χ2n) is 5.15. The summed E-state index contributed by atoms with van der Waals surface area (Å²) in [6.45, 7) is 7.43. The Hall–Kier alpha value is -0.610. The lowest BCUT2D eigenvalue weighted by Crippen LogP contribution is -2.52. The van der Waals surface area contributed by atoms with Gasteiger partial charge in [0, 0.05) is 13.0 Å². The van der Waals surface area contributed by atoms with Gasteiger partial charge in [0.1, 0.15) is 5.54 Å². The molecule has 4 nitrogen and oxygen atoms in total. The number of esters is 1. The van der Waals surface area contributed by atoms with E-state index in [2.05, 4.69) is 5.32 Å². The number of nitrogens with one attached hydrogen (secondary N) is 1. The Balaban J connectivity index is 2.42. The average Bonchev–Trinajstić information content (AvgIpc) is 3.09. The fourth-order valence-corrected chi connectivity index (χ4v) is 2.06. The minimum Gasteiger partial charge on any atom is -0.468 e. The van der Waals surface area contributed by atoms with Gasteiger partial charge in [-0.1, -0.05) is 6.92 Å². The van der Waals surface area contributed by atoms with Crippen molar-refractivity contribution in [3.63, 3.8) is 0 Å². The highest BCUT2D eigenvalue weighted by Gasteiger charge is 2.35. The van der Waals surface area contributed by atoms with Gasteiger partial charge >= 0.3 is 5.97 Å². The fourth-order valence-electron chi connectivity index (χ4n) is 2.06. The molecule has 2 atom stereocenters. The second-order valence-corrected chi connectivity index (χ2v) is 5.15. The summed E-state index contributed by atoms with van der Waals surface area (Å²) in [5.74, 6) is 0.530. The van der Waals surface area contributed by atoms with E-state index in [1.807, 2.05) is 20.8 Å². The van der Waals surface area contributed by atoms with Crippen molar-refractivity contribution in [3.05, 3.63) is 0 Å². The Morgan fingerprint density at radius 2 is 2.18 bits per heavy atom. The summed E-state index contributed by atoms with van der Waals surface area (Å²) in [7, 11) is 1.42. The summed E-state index contributed by atoms with van der Waals surface area (Å²) in [6, 6.07) is 0. The number of likely N-dealkylation sites (N-methyl/N-ethyl adjacent to an activating group) is 1. The zero-order valence-electron chi connectivity index (χ0n) is 11.4. The van der Waals surface area contributed by atoms with Crippen molar-refractivity contribution in [3.8, 4) is 0 Å². The maximum Gasteiger partial charge on any atom is 0.325 e. The smallest absolute Gasteiger partial charge is 0.325 e. The van der Waals surface area contributed by atoms with Crippen molar-refractivity contribution >= 4 is 5.97 Å². The van der Waals surface area contributed by atoms with Gasteiger partial charge in [0.15, 0.2) is 0 Å². The third-order valence-electron chi connectivity index (χ3n) is 3.21. The van der Waals surface area contributed by atoms with Crippen LogP contribution >= 0.6 is 0 Å². The van der Waals surface area contributed by atoms with E-state index in [1.54, 1.807) is 0 Å². The van der Waals surface area contributed by atoms with Gasteiger partial charge in [0.2, 0.25) is 0 Å². The highest BCUT2D eigenvalue weighted by atomic mass is 16.5. The molecule has 0 radical (unpaired) electrons. The molecule has 0 bridgehead atoms. The average molecular weight is 243 g/mol. The zero-order chi connectivity index (χ0) is 12.9. The van der Waals surface area contributed by atoms with Gasteiger partial charge in [-0.3, -0.25) is 4.79 Å². The first kappa shape index (κ1) is 14.5. The predicted molar refractivity (Wildman–Crippen MR) is 66.9 cm³/mol.